The minimum atomic E-state index is -0.143. The molecular weight excluding hydrogens is 332 g/mol. The Balaban J connectivity index is 1.75. The van der Waals surface area contributed by atoms with E-state index in [1.165, 1.54) is 0 Å². The van der Waals surface area contributed by atoms with Crippen molar-refractivity contribution in [2.75, 3.05) is 0 Å². The molecule has 3 rings (SSSR count). The summed E-state index contributed by atoms with van der Waals surface area (Å²) >= 11 is 3.31. The van der Waals surface area contributed by atoms with Crippen molar-refractivity contribution in [2.45, 2.75) is 6.54 Å². The largest absolute Gasteiger partial charge is 0.356 e. The molecule has 21 heavy (non-hydrogen) atoms. The van der Waals surface area contributed by atoms with E-state index in [1.807, 2.05) is 36.5 Å². The van der Waals surface area contributed by atoms with Gasteiger partial charge in [0.15, 0.2) is 0 Å². The van der Waals surface area contributed by atoms with Gasteiger partial charge in [0.05, 0.1) is 5.69 Å². The lowest BCUT2D eigenvalue weighted by Crippen LogP contribution is -2.23. The van der Waals surface area contributed by atoms with Crippen molar-refractivity contribution >= 4 is 21.8 Å². The van der Waals surface area contributed by atoms with Crippen molar-refractivity contribution in [3.63, 3.8) is 0 Å². The lowest BCUT2D eigenvalue weighted by atomic mass is 10.1. The fraction of sp³-hybridized carbons (Fsp3) is 0.0667. The van der Waals surface area contributed by atoms with E-state index in [4.69, 9.17) is 0 Å². The number of carbonyl (C=O) groups excluding carboxylic acids is 1. The van der Waals surface area contributed by atoms with Gasteiger partial charge in [-0.05, 0) is 39.7 Å². The zero-order chi connectivity index (χ0) is 14.7. The molecule has 0 saturated heterocycles. The number of benzene rings is 1. The van der Waals surface area contributed by atoms with Crippen LogP contribution in [0.2, 0.25) is 0 Å². The summed E-state index contributed by atoms with van der Waals surface area (Å²) in [4.78, 5) is 15.0. The van der Waals surface area contributed by atoms with E-state index in [-0.39, 0.29) is 5.91 Å². The van der Waals surface area contributed by atoms with Crippen LogP contribution in [0.15, 0.2) is 59.5 Å². The molecule has 2 aromatic heterocycles. The summed E-state index contributed by atoms with van der Waals surface area (Å²) in [5.74, 6) is -0.143. The highest BCUT2D eigenvalue weighted by Crippen LogP contribution is 2.14. The molecule has 0 aliphatic rings. The number of H-pyrrole nitrogens is 1. The summed E-state index contributed by atoms with van der Waals surface area (Å²) in [7, 11) is 0. The number of para-hydroxylation sites is 1. The van der Waals surface area contributed by atoms with Gasteiger partial charge in [-0.25, -0.2) is 4.68 Å². The van der Waals surface area contributed by atoms with Crippen molar-refractivity contribution in [1.82, 2.24) is 20.1 Å². The lowest BCUT2D eigenvalue weighted by Gasteiger charge is -2.10. The van der Waals surface area contributed by atoms with Gasteiger partial charge in [-0.3, -0.25) is 4.79 Å². The average Bonchev–Trinajstić information content (AvgIpc) is 3.16. The summed E-state index contributed by atoms with van der Waals surface area (Å²) < 4.78 is 2.64. The number of amides is 1. The topological polar surface area (TPSA) is 62.7 Å². The maximum Gasteiger partial charge on any atom is 0.268 e. The molecule has 0 aliphatic heterocycles. The van der Waals surface area contributed by atoms with Gasteiger partial charge in [0.2, 0.25) is 0 Å². The minimum Gasteiger partial charge on any atom is -0.356 e. The van der Waals surface area contributed by atoms with E-state index >= 15 is 0 Å². The van der Waals surface area contributed by atoms with Gasteiger partial charge in [0.1, 0.15) is 5.69 Å². The van der Waals surface area contributed by atoms with Crippen molar-refractivity contribution in [1.29, 1.82) is 0 Å². The number of aromatic nitrogens is 3. The molecule has 0 fully saturated rings. The number of hydrogen-bond acceptors (Lipinski definition) is 2. The van der Waals surface area contributed by atoms with Crippen LogP contribution in [0, 0.1) is 0 Å². The zero-order valence-electron chi connectivity index (χ0n) is 11.1. The highest BCUT2D eigenvalue weighted by molar-refractivity contribution is 9.10. The van der Waals surface area contributed by atoms with Crippen LogP contribution in [-0.2, 0) is 6.54 Å². The minimum absolute atomic E-state index is 0.143. The number of rotatable bonds is 4. The molecule has 5 nitrogen and oxygen atoms in total. The highest BCUT2D eigenvalue weighted by atomic mass is 79.9. The molecule has 0 radical (unpaired) electrons. The molecular formula is C15H13BrN4O. The van der Waals surface area contributed by atoms with Crippen molar-refractivity contribution in [3.8, 4) is 5.69 Å². The van der Waals surface area contributed by atoms with Gasteiger partial charge < -0.3 is 10.3 Å². The summed E-state index contributed by atoms with van der Waals surface area (Å²) in [6, 6.07) is 11.5. The van der Waals surface area contributed by atoms with Gasteiger partial charge in [-0.2, -0.15) is 5.10 Å². The molecule has 0 unspecified atom stereocenters. The van der Waals surface area contributed by atoms with Crippen LogP contribution >= 0.6 is 15.9 Å². The maximum absolute atomic E-state index is 12.0. The molecule has 2 heterocycles. The van der Waals surface area contributed by atoms with Crippen molar-refractivity contribution < 1.29 is 4.79 Å². The van der Waals surface area contributed by atoms with Crippen LogP contribution in [0.3, 0.4) is 0 Å². The average molecular weight is 345 g/mol. The van der Waals surface area contributed by atoms with Gasteiger partial charge >= 0.3 is 0 Å². The normalized spacial score (nSPS) is 10.5. The predicted octanol–water partition coefficient (Wildman–Crippen LogP) is 2.89. The molecule has 0 bridgehead atoms. The van der Waals surface area contributed by atoms with E-state index < -0.39 is 0 Å². The molecule has 106 valence electrons. The number of aromatic amines is 1. The maximum atomic E-state index is 12.0. The number of carbonyl (C=O) groups is 1. The lowest BCUT2D eigenvalue weighted by molar-refractivity contribution is 0.0946. The molecule has 6 heteroatoms. The fourth-order valence-electron chi connectivity index (χ4n) is 2.06. The Morgan fingerprint density at radius 2 is 2.19 bits per heavy atom. The van der Waals surface area contributed by atoms with Crippen LogP contribution in [0.25, 0.3) is 5.69 Å². The fourth-order valence-corrected chi connectivity index (χ4v) is 2.41. The van der Waals surface area contributed by atoms with Crippen LogP contribution in [0.1, 0.15) is 16.1 Å². The SMILES string of the molecule is O=C(NCc1ccccc1-n1cccn1)c1cc(Br)c[nH]1. The highest BCUT2D eigenvalue weighted by Gasteiger charge is 2.09. The number of halogens is 1. The molecule has 1 amide bonds. The number of nitrogens with one attached hydrogen (secondary N) is 2. The standard InChI is InChI=1S/C15H13BrN4O/c16-12-8-13(17-10-12)15(21)18-9-11-4-1-2-5-14(11)20-7-3-6-19-20/h1-8,10,17H,9H2,(H,18,21). The second-order valence-electron chi connectivity index (χ2n) is 4.49. The van der Waals surface area contributed by atoms with Crippen LogP contribution < -0.4 is 5.32 Å². The molecule has 1 aromatic carbocycles. The van der Waals surface area contributed by atoms with E-state index in [0.717, 1.165) is 15.7 Å². The molecule has 2 N–H and O–H groups in total. The Hall–Kier alpha value is -2.34. The summed E-state index contributed by atoms with van der Waals surface area (Å²) in [5.41, 5.74) is 2.48. The first-order chi connectivity index (χ1) is 10.2. The Bertz CT molecular complexity index is 749. The van der Waals surface area contributed by atoms with Gasteiger partial charge in [0, 0.05) is 29.6 Å². The first-order valence-corrected chi connectivity index (χ1v) is 7.23. The first-order valence-electron chi connectivity index (χ1n) is 6.44. The number of nitrogens with zero attached hydrogens (tertiary/aromatic N) is 2. The van der Waals surface area contributed by atoms with E-state index in [0.29, 0.717) is 12.2 Å². The summed E-state index contributed by atoms with van der Waals surface area (Å²) in [6.45, 7) is 0.436. The molecule has 0 aliphatic carbocycles. The second-order valence-corrected chi connectivity index (χ2v) is 5.41. The van der Waals surface area contributed by atoms with Gasteiger partial charge in [-0.1, -0.05) is 18.2 Å². The van der Waals surface area contributed by atoms with Crippen LogP contribution in [-0.4, -0.2) is 20.7 Å². The molecule has 0 saturated carbocycles. The second kappa shape index (κ2) is 5.97. The summed E-state index contributed by atoms with van der Waals surface area (Å²) in [6.07, 6.45) is 5.33. The van der Waals surface area contributed by atoms with Crippen molar-refractivity contribution in [3.05, 3.63) is 70.7 Å². The predicted molar refractivity (Wildman–Crippen MR) is 83.2 cm³/mol. The Morgan fingerprint density at radius 1 is 1.33 bits per heavy atom. The van der Waals surface area contributed by atoms with Crippen LogP contribution in [0.4, 0.5) is 0 Å². The molecule has 0 spiro atoms. The van der Waals surface area contributed by atoms with Crippen LogP contribution in [0.5, 0.6) is 0 Å². The van der Waals surface area contributed by atoms with E-state index in [1.54, 1.807) is 23.1 Å². The quantitative estimate of drug-likeness (QED) is 0.764. The third-order valence-corrected chi connectivity index (χ3v) is 3.53. The Labute approximate surface area is 130 Å². The first kappa shape index (κ1) is 13.6. The Morgan fingerprint density at radius 3 is 2.90 bits per heavy atom. The third-order valence-electron chi connectivity index (χ3n) is 3.07. The van der Waals surface area contributed by atoms with E-state index in [2.05, 4.69) is 31.3 Å². The molecule has 0 atom stereocenters. The van der Waals surface area contributed by atoms with Gasteiger partial charge in [-0.15, -0.1) is 0 Å². The van der Waals surface area contributed by atoms with Crippen molar-refractivity contribution in [2.24, 2.45) is 0 Å². The smallest absolute Gasteiger partial charge is 0.268 e. The third kappa shape index (κ3) is 3.05. The molecule has 3 aromatic rings. The summed E-state index contributed by atoms with van der Waals surface area (Å²) in [5, 5.41) is 7.13. The number of hydrogen-bond donors (Lipinski definition) is 2. The van der Waals surface area contributed by atoms with Gasteiger partial charge in [0.25, 0.3) is 5.91 Å². The monoisotopic (exact) mass is 344 g/mol. The zero-order valence-corrected chi connectivity index (χ0v) is 12.7. The van der Waals surface area contributed by atoms with E-state index in [9.17, 15) is 4.79 Å². The Kier molecular flexibility index (Phi) is 3.87.